The molecule has 0 saturated carbocycles. The van der Waals surface area contributed by atoms with Crippen LogP contribution in [0.2, 0.25) is 0 Å². The average molecular weight is 269 g/mol. The molecule has 2 aromatic rings. The molecule has 0 spiro atoms. The summed E-state index contributed by atoms with van der Waals surface area (Å²) in [6.45, 7) is 3.67. The summed E-state index contributed by atoms with van der Waals surface area (Å²) in [5.41, 5.74) is 1.60. The molecule has 1 aromatic carbocycles. The van der Waals surface area contributed by atoms with Gasteiger partial charge in [0.2, 0.25) is 0 Å². The van der Waals surface area contributed by atoms with E-state index in [0.29, 0.717) is 5.69 Å². The number of methoxy groups -OCH3 is 1. The van der Waals surface area contributed by atoms with Crippen molar-refractivity contribution in [3.05, 3.63) is 60.4 Å². The summed E-state index contributed by atoms with van der Waals surface area (Å²) in [5, 5.41) is 9.85. The van der Waals surface area contributed by atoms with Crippen molar-refractivity contribution in [1.29, 1.82) is 0 Å². The summed E-state index contributed by atoms with van der Waals surface area (Å²) in [5.74, 6) is -0.475. The van der Waals surface area contributed by atoms with Gasteiger partial charge in [0.25, 0.3) is 0 Å². The Morgan fingerprint density at radius 3 is 2.60 bits per heavy atom. The fourth-order valence-corrected chi connectivity index (χ4v) is 1.79. The molecular formula is C16H15NO3. The number of esters is 1. The van der Waals surface area contributed by atoms with Crippen LogP contribution in [0, 0.1) is 0 Å². The van der Waals surface area contributed by atoms with Gasteiger partial charge in [0.15, 0.2) is 0 Å². The molecular weight excluding hydrogens is 254 g/mol. The largest absolute Gasteiger partial charge is 0.506 e. The van der Waals surface area contributed by atoms with Crippen LogP contribution in [0.3, 0.4) is 0 Å². The van der Waals surface area contributed by atoms with E-state index in [4.69, 9.17) is 0 Å². The minimum atomic E-state index is -0.546. The number of aromatic hydroxyl groups is 1. The van der Waals surface area contributed by atoms with Crippen molar-refractivity contribution in [1.82, 2.24) is 4.57 Å². The molecule has 0 radical (unpaired) electrons. The van der Waals surface area contributed by atoms with E-state index < -0.39 is 5.97 Å². The Labute approximate surface area is 117 Å². The maximum absolute atomic E-state index is 11.5. The molecule has 0 aliphatic carbocycles. The molecule has 1 heterocycles. The molecule has 0 atom stereocenters. The van der Waals surface area contributed by atoms with Gasteiger partial charge in [0, 0.05) is 6.20 Å². The van der Waals surface area contributed by atoms with E-state index in [2.05, 4.69) is 11.3 Å². The molecule has 4 nitrogen and oxygen atoms in total. The lowest BCUT2D eigenvalue weighted by Gasteiger charge is -2.07. The van der Waals surface area contributed by atoms with Crippen LogP contribution in [0.5, 0.6) is 5.75 Å². The highest BCUT2D eigenvalue weighted by atomic mass is 16.5. The second-order valence-electron chi connectivity index (χ2n) is 4.14. The second-order valence-corrected chi connectivity index (χ2v) is 4.14. The summed E-state index contributed by atoms with van der Waals surface area (Å²) in [7, 11) is 1.29. The summed E-state index contributed by atoms with van der Waals surface area (Å²) >= 11 is 0. The van der Waals surface area contributed by atoms with E-state index in [1.807, 2.05) is 36.4 Å². The molecule has 0 fully saturated rings. The van der Waals surface area contributed by atoms with E-state index in [-0.39, 0.29) is 11.4 Å². The van der Waals surface area contributed by atoms with Gasteiger partial charge in [0.05, 0.1) is 12.8 Å². The quantitative estimate of drug-likeness (QED) is 0.685. The average Bonchev–Trinajstić information content (AvgIpc) is 2.85. The minimum Gasteiger partial charge on any atom is -0.506 e. The third-order valence-electron chi connectivity index (χ3n) is 2.85. The first-order valence-corrected chi connectivity index (χ1v) is 6.04. The van der Waals surface area contributed by atoms with Crippen molar-refractivity contribution < 1.29 is 14.6 Å². The third kappa shape index (κ3) is 2.80. The molecule has 0 bridgehead atoms. The fraction of sp³-hybridized carbons (Fsp3) is 0.0625. The van der Waals surface area contributed by atoms with Gasteiger partial charge in [-0.25, -0.2) is 4.79 Å². The Morgan fingerprint density at radius 1 is 1.25 bits per heavy atom. The Morgan fingerprint density at radius 2 is 1.95 bits per heavy atom. The van der Waals surface area contributed by atoms with E-state index in [0.717, 1.165) is 5.56 Å². The van der Waals surface area contributed by atoms with Crippen LogP contribution in [0.15, 0.2) is 49.2 Å². The Hall–Kier alpha value is -2.75. The van der Waals surface area contributed by atoms with Crippen LogP contribution >= 0.6 is 0 Å². The molecule has 0 amide bonds. The van der Waals surface area contributed by atoms with E-state index in [9.17, 15) is 9.90 Å². The standard InChI is InChI=1S/C16H15NO3/c1-12(16(19)20-2)17-11-10-15(18)14(17)9-8-13-6-4-3-5-7-13/h3-11,18H,1H2,2H3/b9-8+. The maximum Gasteiger partial charge on any atom is 0.354 e. The normalized spacial score (nSPS) is 10.7. The Bertz CT molecular complexity index is 654. The number of hydrogen-bond acceptors (Lipinski definition) is 3. The van der Waals surface area contributed by atoms with Crippen LogP contribution in [-0.4, -0.2) is 22.8 Å². The summed E-state index contributed by atoms with van der Waals surface area (Å²) in [6, 6.07) is 11.2. The molecule has 0 aliphatic heterocycles. The molecule has 0 unspecified atom stereocenters. The summed E-state index contributed by atoms with van der Waals surface area (Å²) in [4.78, 5) is 11.5. The van der Waals surface area contributed by atoms with Crippen molar-refractivity contribution >= 4 is 23.8 Å². The number of aromatic nitrogens is 1. The molecule has 0 aliphatic rings. The van der Waals surface area contributed by atoms with Gasteiger partial charge in [-0.15, -0.1) is 0 Å². The molecule has 2 rings (SSSR count). The van der Waals surface area contributed by atoms with Gasteiger partial charge in [-0.05, 0) is 17.7 Å². The van der Waals surface area contributed by atoms with E-state index >= 15 is 0 Å². The van der Waals surface area contributed by atoms with E-state index in [1.54, 1.807) is 12.3 Å². The lowest BCUT2D eigenvalue weighted by Crippen LogP contribution is -2.09. The summed E-state index contributed by atoms with van der Waals surface area (Å²) < 4.78 is 6.12. The SMILES string of the molecule is C=C(C(=O)OC)n1ccc(O)c1/C=C/c1ccccc1. The monoisotopic (exact) mass is 269 g/mol. The first kappa shape index (κ1) is 13.7. The number of nitrogens with zero attached hydrogens (tertiary/aromatic N) is 1. The van der Waals surface area contributed by atoms with Gasteiger partial charge in [0.1, 0.15) is 11.4 Å². The van der Waals surface area contributed by atoms with Gasteiger partial charge in [-0.1, -0.05) is 43.0 Å². The lowest BCUT2D eigenvalue weighted by atomic mass is 10.2. The first-order chi connectivity index (χ1) is 9.63. The Kier molecular flexibility index (Phi) is 4.05. The number of benzene rings is 1. The van der Waals surface area contributed by atoms with Gasteiger partial charge in [-0.2, -0.15) is 0 Å². The smallest absolute Gasteiger partial charge is 0.354 e. The number of hydrogen-bond donors (Lipinski definition) is 1. The van der Waals surface area contributed by atoms with E-state index in [1.165, 1.54) is 17.7 Å². The van der Waals surface area contributed by atoms with Crippen molar-refractivity contribution in [2.75, 3.05) is 7.11 Å². The van der Waals surface area contributed by atoms with Crippen LogP contribution in [-0.2, 0) is 9.53 Å². The molecule has 4 heteroatoms. The molecule has 1 N–H and O–H groups in total. The highest BCUT2D eigenvalue weighted by molar-refractivity contribution is 6.09. The highest BCUT2D eigenvalue weighted by Crippen LogP contribution is 2.24. The van der Waals surface area contributed by atoms with Crippen LogP contribution in [0.4, 0.5) is 0 Å². The predicted molar refractivity (Wildman–Crippen MR) is 78.8 cm³/mol. The highest BCUT2D eigenvalue weighted by Gasteiger charge is 2.14. The third-order valence-corrected chi connectivity index (χ3v) is 2.85. The van der Waals surface area contributed by atoms with Crippen LogP contribution < -0.4 is 0 Å². The topological polar surface area (TPSA) is 51.5 Å². The van der Waals surface area contributed by atoms with Crippen LogP contribution in [0.1, 0.15) is 11.3 Å². The fourth-order valence-electron chi connectivity index (χ4n) is 1.79. The zero-order valence-electron chi connectivity index (χ0n) is 11.1. The number of carbonyl (C=O) groups is 1. The zero-order valence-corrected chi connectivity index (χ0v) is 11.1. The minimum absolute atomic E-state index is 0.0715. The number of rotatable bonds is 4. The number of carbonyl (C=O) groups excluding carboxylic acids is 1. The zero-order chi connectivity index (χ0) is 14.5. The van der Waals surface area contributed by atoms with Crippen LogP contribution in [0.25, 0.3) is 17.8 Å². The van der Waals surface area contributed by atoms with Crippen molar-refractivity contribution in [2.45, 2.75) is 0 Å². The molecule has 0 saturated heterocycles. The maximum atomic E-state index is 11.5. The Balaban J connectivity index is 2.33. The molecule has 20 heavy (non-hydrogen) atoms. The summed E-state index contributed by atoms with van der Waals surface area (Å²) in [6.07, 6.45) is 5.13. The van der Waals surface area contributed by atoms with Gasteiger partial charge in [-0.3, -0.25) is 0 Å². The van der Waals surface area contributed by atoms with Crippen molar-refractivity contribution in [2.24, 2.45) is 0 Å². The van der Waals surface area contributed by atoms with Gasteiger partial charge < -0.3 is 14.4 Å². The number of ether oxygens (including phenoxy) is 1. The van der Waals surface area contributed by atoms with Crippen molar-refractivity contribution in [3.8, 4) is 5.75 Å². The van der Waals surface area contributed by atoms with Crippen molar-refractivity contribution in [3.63, 3.8) is 0 Å². The first-order valence-electron chi connectivity index (χ1n) is 6.04. The second kappa shape index (κ2) is 5.93. The molecule has 102 valence electrons. The lowest BCUT2D eigenvalue weighted by molar-refractivity contribution is -0.134. The molecule has 1 aromatic heterocycles. The predicted octanol–water partition coefficient (Wildman–Crippen LogP) is 3.01. The van der Waals surface area contributed by atoms with Gasteiger partial charge >= 0.3 is 5.97 Å².